The summed E-state index contributed by atoms with van der Waals surface area (Å²) in [7, 11) is 0. The minimum absolute atomic E-state index is 0.321. The molecule has 0 aromatic heterocycles. The number of aryl methyl sites for hydroxylation is 1. The fourth-order valence-electron chi connectivity index (χ4n) is 2.19. The third-order valence-corrected chi connectivity index (χ3v) is 3.35. The summed E-state index contributed by atoms with van der Waals surface area (Å²) in [4.78, 5) is 11.8. The van der Waals surface area contributed by atoms with Crippen molar-refractivity contribution >= 4 is 11.6 Å². The molecule has 1 aromatic rings. The number of halogens is 1. The number of benzene rings is 1. The molecule has 0 unspecified atom stereocenters. The molecule has 18 heavy (non-hydrogen) atoms. The van der Waals surface area contributed by atoms with Crippen LogP contribution in [0, 0.1) is 12.7 Å². The molecule has 0 aliphatic heterocycles. The van der Waals surface area contributed by atoms with Crippen LogP contribution in [-0.4, -0.2) is 16.6 Å². The van der Waals surface area contributed by atoms with Crippen molar-refractivity contribution < 1.29 is 14.3 Å². The fourth-order valence-corrected chi connectivity index (χ4v) is 2.19. The lowest BCUT2D eigenvalue weighted by molar-refractivity contribution is -0.138. The molecule has 1 saturated carbocycles. The minimum Gasteiger partial charge on any atom is -0.380 e. The van der Waals surface area contributed by atoms with Gasteiger partial charge < -0.3 is 5.11 Å². The molecule has 1 aliphatic carbocycles. The van der Waals surface area contributed by atoms with Crippen LogP contribution >= 0.6 is 0 Å². The molecule has 5 heteroatoms. The average Bonchev–Trinajstić information content (AvgIpc) is 2.76. The Labute approximate surface area is 105 Å². The van der Waals surface area contributed by atoms with E-state index in [4.69, 9.17) is 0 Å². The van der Waals surface area contributed by atoms with E-state index in [0.29, 0.717) is 24.1 Å². The molecule has 0 bridgehead atoms. The van der Waals surface area contributed by atoms with Crippen LogP contribution in [0.4, 0.5) is 10.1 Å². The van der Waals surface area contributed by atoms with Crippen LogP contribution in [0.5, 0.6) is 0 Å². The molecule has 0 radical (unpaired) electrons. The largest absolute Gasteiger partial charge is 0.380 e. The van der Waals surface area contributed by atoms with E-state index in [1.165, 1.54) is 12.1 Å². The molecule has 1 amide bonds. The number of carbonyl (C=O) groups excluding carboxylic acids is 1. The highest BCUT2D eigenvalue weighted by molar-refractivity contribution is 5.86. The van der Waals surface area contributed by atoms with Crippen molar-refractivity contribution in [3.05, 3.63) is 29.6 Å². The van der Waals surface area contributed by atoms with Crippen LogP contribution < -0.4 is 10.9 Å². The first-order valence-corrected chi connectivity index (χ1v) is 6.06. The Morgan fingerprint density at radius 1 is 1.39 bits per heavy atom. The molecule has 1 fully saturated rings. The van der Waals surface area contributed by atoms with Gasteiger partial charge in [-0.2, -0.15) is 0 Å². The van der Waals surface area contributed by atoms with E-state index in [1.807, 2.05) is 0 Å². The zero-order chi connectivity index (χ0) is 13.2. The van der Waals surface area contributed by atoms with Crippen LogP contribution in [0.25, 0.3) is 0 Å². The lowest BCUT2D eigenvalue weighted by Crippen LogP contribution is -2.47. The normalized spacial score (nSPS) is 17.5. The lowest BCUT2D eigenvalue weighted by atomic mass is 10.0. The van der Waals surface area contributed by atoms with Gasteiger partial charge in [-0.05, 0) is 56.4 Å². The molecule has 0 saturated heterocycles. The summed E-state index contributed by atoms with van der Waals surface area (Å²) < 4.78 is 12.9. The van der Waals surface area contributed by atoms with Crippen molar-refractivity contribution in [3.63, 3.8) is 0 Å². The maximum Gasteiger partial charge on any atom is 0.270 e. The van der Waals surface area contributed by atoms with Crippen molar-refractivity contribution in [2.24, 2.45) is 0 Å². The average molecular weight is 252 g/mol. The smallest absolute Gasteiger partial charge is 0.270 e. The van der Waals surface area contributed by atoms with Crippen LogP contribution in [0.3, 0.4) is 0 Å². The molecule has 4 nitrogen and oxygen atoms in total. The van der Waals surface area contributed by atoms with Gasteiger partial charge >= 0.3 is 0 Å². The summed E-state index contributed by atoms with van der Waals surface area (Å²) in [6.07, 6.45) is 2.70. The highest BCUT2D eigenvalue weighted by Gasteiger charge is 2.38. The maximum atomic E-state index is 12.9. The molecule has 0 heterocycles. The number of anilines is 1. The predicted molar refractivity (Wildman–Crippen MR) is 66.3 cm³/mol. The number of carbonyl (C=O) groups is 1. The van der Waals surface area contributed by atoms with Crippen LogP contribution in [0.1, 0.15) is 31.2 Å². The van der Waals surface area contributed by atoms with E-state index in [1.54, 1.807) is 13.0 Å². The summed E-state index contributed by atoms with van der Waals surface area (Å²) in [5.74, 6) is -0.748. The number of aliphatic hydroxyl groups is 1. The molecule has 3 N–H and O–H groups in total. The van der Waals surface area contributed by atoms with E-state index < -0.39 is 11.5 Å². The molecule has 2 rings (SSSR count). The number of hydrogen-bond donors (Lipinski definition) is 3. The zero-order valence-electron chi connectivity index (χ0n) is 10.3. The Hall–Kier alpha value is -1.62. The van der Waals surface area contributed by atoms with E-state index in [2.05, 4.69) is 10.9 Å². The Morgan fingerprint density at radius 2 is 2.06 bits per heavy atom. The zero-order valence-corrected chi connectivity index (χ0v) is 10.3. The van der Waals surface area contributed by atoms with E-state index >= 15 is 0 Å². The third-order valence-electron chi connectivity index (χ3n) is 3.35. The first kappa shape index (κ1) is 12.8. The highest BCUT2D eigenvalue weighted by atomic mass is 19.1. The third kappa shape index (κ3) is 2.61. The van der Waals surface area contributed by atoms with Gasteiger partial charge in [0.1, 0.15) is 11.4 Å². The van der Waals surface area contributed by atoms with Crippen LogP contribution in [0.15, 0.2) is 18.2 Å². The van der Waals surface area contributed by atoms with Gasteiger partial charge in [0.15, 0.2) is 0 Å². The van der Waals surface area contributed by atoms with Crippen LogP contribution in [0.2, 0.25) is 0 Å². The van der Waals surface area contributed by atoms with Gasteiger partial charge in [0, 0.05) is 0 Å². The summed E-state index contributed by atoms with van der Waals surface area (Å²) >= 11 is 0. The quantitative estimate of drug-likeness (QED) is 0.720. The predicted octanol–water partition coefficient (Wildman–Crippen LogP) is 1.88. The van der Waals surface area contributed by atoms with Crippen molar-refractivity contribution in [2.75, 3.05) is 5.43 Å². The van der Waals surface area contributed by atoms with Gasteiger partial charge in [-0.3, -0.25) is 15.6 Å². The molecule has 0 atom stereocenters. The second-order valence-corrected chi connectivity index (χ2v) is 4.78. The number of hydrazine groups is 1. The monoisotopic (exact) mass is 252 g/mol. The fraction of sp³-hybridized carbons (Fsp3) is 0.462. The van der Waals surface area contributed by atoms with Crippen molar-refractivity contribution in [2.45, 2.75) is 38.2 Å². The summed E-state index contributed by atoms with van der Waals surface area (Å²) in [5.41, 5.74) is 5.24. The van der Waals surface area contributed by atoms with Gasteiger partial charge in [-0.25, -0.2) is 4.39 Å². The van der Waals surface area contributed by atoms with Gasteiger partial charge in [0.2, 0.25) is 0 Å². The Morgan fingerprint density at radius 3 is 2.67 bits per heavy atom. The molecule has 1 aromatic carbocycles. The Bertz CT molecular complexity index is 456. The van der Waals surface area contributed by atoms with Crippen LogP contribution in [-0.2, 0) is 4.79 Å². The summed E-state index contributed by atoms with van der Waals surface area (Å²) in [6.45, 7) is 1.74. The molecule has 98 valence electrons. The van der Waals surface area contributed by atoms with E-state index in [0.717, 1.165) is 12.8 Å². The van der Waals surface area contributed by atoms with Crippen molar-refractivity contribution in [3.8, 4) is 0 Å². The molecule has 0 spiro atoms. The topological polar surface area (TPSA) is 61.4 Å². The maximum absolute atomic E-state index is 12.9. The molecule has 1 aliphatic rings. The van der Waals surface area contributed by atoms with E-state index in [9.17, 15) is 14.3 Å². The molecular weight excluding hydrogens is 235 g/mol. The second-order valence-electron chi connectivity index (χ2n) is 4.78. The highest BCUT2D eigenvalue weighted by Crippen LogP contribution is 2.29. The molecular formula is C13H17FN2O2. The Kier molecular flexibility index (Phi) is 3.52. The summed E-state index contributed by atoms with van der Waals surface area (Å²) in [5, 5.41) is 10.0. The lowest BCUT2D eigenvalue weighted by Gasteiger charge is -2.21. The van der Waals surface area contributed by atoms with Gasteiger partial charge in [0.25, 0.3) is 5.91 Å². The number of amides is 1. The number of rotatable bonds is 3. The Balaban J connectivity index is 1.97. The van der Waals surface area contributed by atoms with Crippen molar-refractivity contribution in [1.29, 1.82) is 0 Å². The first-order chi connectivity index (χ1) is 8.51. The van der Waals surface area contributed by atoms with Gasteiger partial charge in [-0.15, -0.1) is 0 Å². The SMILES string of the molecule is Cc1cc(F)ccc1NNC(=O)C1(O)CCCC1. The second kappa shape index (κ2) is 4.94. The van der Waals surface area contributed by atoms with Crippen molar-refractivity contribution in [1.82, 2.24) is 5.43 Å². The van der Waals surface area contributed by atoms with Gasteiger partial charge in [0.05, 0.1) is 5.69 Å². The number of hydrogen-bond acceptors (Lipinski definition) is 3. The minimum atomic E-state index is -1.26. The van der Waals surface area contributed by atoms with Gasteiger partial charge in [-0.1, -0.05) is 0 Å². The standard InChI is InChI=1S/C13H17FN2O2/c1-9-8-10(14)4-5-11(9)15-16-12(17)13(18)6-2-3-7-13/h4-5,8,15,18H,2-3,6-7H2,1H3,(H,16,17). The summed E-state index contributed by atoms with van der Waals surface area (Å²) in [6, 6.07) is 4.23. The van der Waals surface area contributed by atoms with E-state index in [-0.39, 0.29) is 5.82 Å². The first-order valence-electron chi connectivity index (χ1n) is 6.06. The number of nitrogens with one attached hydrogen (secondary N) is 2.